The van der Waals surface area contributed by atoms with Crippen molar-refractivity contribution in [1.29, 1.82) is 5.26 Å². The predicted octanol–water partition coefficient (Wildman–Crippen LogP) is 3.61. The summed E-state index contributed by atoms with van der Waals surface area (Å²) < 4.78 is 0. The fraction of sp³-hybridized carbons (Fsp3) is 0.524. The molecule has 1 saturated carbocycles. The molecule has 4 heteroatoms. The molecule has 4 nitrogen and oxygen atoms in total. The molecule has 1 heterocycles. The highest BCUT2D eigenvalue weighted by molar-refractivity contribution is 5.97. The molecule has 1 aliphatic heterocycles. The Labute approximate surface area is 150 Å². The van der Waals surface area contributed by atoms with Gasteiger partial charge in [-0.2, -0.15) is 5.26 Å². The first-order valence-electron chi connectivity index (χ1n) is 9.00. The highest BCUT2D eigenvalue weighted by atomic mass is 16.1. The van der Waals surface area contributed by atoms with Gasteiger partial charge in [-0.1, -0.05) is 51.1 Å². The van der Waals surface area contributed by atoms with E-state index in [1.165, 1.54) is 6.42 Å². The zero-order chi connectivity index (χ0) is 18.1. The summed E-state index contributed by atoms with van der Waals surface area (Å²) in [5.74, 6) is -0.294. The summed E-state index contributed by atoms with van der Waals surface area (Å²) in [6.07, 6.45) is 5.25. The second kappa shape index (κ2) is 6.55. The average molecular weight is 337 g/mol. The van der Waals surface area contributed by atoms with Crippen molar-refractivity contribution in [2.24, 2.45) is 10.8 Å². The Morgan fingerprint density at radius 3 is 2.72 bits per heavy atom. The summed E-state index contributed by atoms with van der Waals surface area (Å²) in [7, 11) is 0. The molecule has 25 heavy (non-hydrogen) atoms. The van der Waals surface area contributed by atoms with Crippen LogP contribution in [0.25, 0.3) is 0 Å². The van der Waals surface area contributed by atoms with Crippen LogP contribution in [-0.2, 0) is 11.3 Å². The van der Waals surface area contributed by atoms with E-state index in [0.29, 0.717) is 18.0 Å². The lowest BCUT2D eigenvalue weighted by atomic mass is 9.65. The van der Waals surface area contributed by atoms with E-state index in [1.807, 2.05) is 30.3 Å². The van der Waals surface area contributed by atoms with Gasteiger partial charge in [0.15, 0.2) is 0 Å². The van der Waals surface area contributed by atoms with Crippen molar-refractivity contribution < 1.29 is 4.79 Å². The molecule has 0 radical (unpaired) electrons. The molecule has 1 aliphatic carbocycles. The van der Waals surface area contributed by atoms with Crippen LogP contribution in [-0.4, -0.2) is 23.4 Å². The van der Waals surface area contributed by atoms with Crippen molar-refractivity contribution in [3.63, 3.8) is 0 Å². The molecule has 1 saturated heterocycles. The highest BCUT2D eigenvalue weighted by Crippen LogP contribution is 2.52. The van der Waals surface area contributed by atoms with Crippen molar-refractivity contribution in [3.8, 4) is 6.07 Å². The van der Waals surface area contributed by atoms with E-state index < -0.39 is 0 Å². The molecule has 0 spiro atoms. The number of carbonyl (C=O) groups excluding carboxylic acids is 1. The Hall–Kier alpha value is -2.28. The zero-order valence-corrected chi connectivity index (χ0v) is 15.4. The van der Waals surface area contributed by atoms with Crippen LogP contribution < -0.4 is 5.32 Å². The molecule has 132 valence electrons. The standard InChI is InChI=1S/C21H27N3O/c1-20(2)9-18-10-21(3,14-20)15-24(18)13-17(11-22)19(25)23-12-16-7-5-4-6-8-16/h4-8,13,18H,9-10,12,14-15H2,1-3H3,(H,23,25)/b17-13-. The Morgan fingerprint density at radius 2 is 2.04 bits per heavy atom. The lowest BCUT2D eigenvalue weighted by molar-refractivity contribution is -0.117. The first-order valence-corrected chi connectivity index (χ1v) is 9.00. The maximum atomic E-state index is 12.4. The van der Waals surface area contributed by atoms with E-state index >= 15 is 0 Å². The minimum absolute atomic E-state index is 0.199. The first kappa shape index (κ1) is 17.5. The van der Waals surface area contributed by atoms with Crippen LogP contribution in [0.4, 0.5) is 0 Å². The zero-order valence-electron chi connectivity index (χ0n) is 15.4. The summed E-state index contributed by atoms with van der Waals surface area (Å²) in [5.41, 5.74) is 1.83. The molecular formula is C21H27N3O. The summed E-state index contributed by atoms with van der Waals surface area (Å²) >= 11 is 0. The van der Waals surface area contributed by atoms with E-state index in [-0.39, 0.29) is 16.9 Å². The van der Waals surface area contributed by atoms with Crippen LogP contribution in [0.5, 0.6) is 0 Å². The molecule has 0 aromatic heterocycles. The van der Waals surface area contributed by atoms with Gasteiger partial charge in [-0.3, -0.25) is 4.79 Å². The van der Waals surface area contributed by atoms with Gasteiger partial charge in [0, 0.05) is 25.3 Å². The largest absolute Gasteiger partial charge is 0.373 e. The molecule has 2 aliphatic rings. The minimum Gasteiger partial charge on any atom is -0.373 e. The van der Waals surface area contributed by atoms with Crippen LogP contribution in [0.15, 0.2) is 42.1 Å². The number of rotatable bonds is 4. The number of nitrogens with one attached hydrogen (secondary N) is 1. The van der Waals surface area contributed by atoms with Crippen LogP contribution in [0.1, 0.15) is 45.6 Å². The van der Waals surface area contributed by atoms with Gasteiger partial charge in [0.1, 0.15) is 11.6 Å². The Kier molecular flexibility index (Phi) is 4.60. The number of likely N-dealkylation sites (tertiary alicyclic amines) is 1. The van der Waals surface area contributed by atoms with Crippen molar-refractivity contribution in [2.45, 2.75) is 52.6 Å². The fourth-order valence-corrected chi connectivity index (χ4v) is 4.83. The van der Waals surface area contributed by atoms with Crippen molar-refractivity contribution >= 4 is 5.91 Å². The van der Waals surface area contributed by atoms with E-state index in [2.05, 4.69) is 37.1 Å². The SMILES string of the molecule is CC1(C)CC2CC(C)(CN2/C=C(/C#N)C(=O)NCc2ccccc2)C1. The lowest BCUT2D eigenvalue weighted by Crippen LogP contribution is -2.34. The predicted molar refractivity (Wildman–Crippen MR) is 98.2 cm³/mol. The van der Waals surface area contributed by atoms with E-state index in [0.717, 1.165) is 24.9 Å². The maximum Gasteiger partial charge on any atom is 0.263 e. The second-order valence-electron chi connectivity index (χ2n) is 8.71. The summed E-state index contributed by atoms with van der Waals surface area (Å²) in [6.45, 7) is 8.34. The third kappa shape index (κ3) is 4.04. The van der Waals surface area contributed by atoms with Crippen LogP contribution in [0.3, 0.4) is 0 Å². The molecule has 1 amide bonds. The number of carbonyl (C=O) groups is 1. The van der Waals surface area contributed by atoms with Crippen LogP contribution in [0, 0.1) is 22.2 Å². The monoisotopic (exact) mass is 337 g/mol. The third-order valence-electron chi connectivity index (χ3n) is 5.41. The van der Waals surface area contributed by atoms with Crippen molar-refractivity contribution in [2.75, 3.05) is 6.54 Å². The third-order valence-corrected chi connectivity index (χ3v) is 5.41. The normalized spacial score (nSPS) is 27.7. The number of hydrogen-bond donors (Lipinski definition) is 1. The number of benzene rings is 1. The molecule has 3 rings (SSSR count). The smallest absolute Gasteiger partial charge is 0.263 e. The quantitative estimate of drug-likeness (QED) is 0.674. The molecule has 2 unspecified atom stereocenters. The van der Waals surface area contributed by atoms with Gasteiger partial charge in [0.05, 0.1) is 0 Å². The number of fused-ring (bicyclic) bond motifs is 2. The summed E-state index contributed by atoms with van der Waals surface area (Å²) in [5, 5.41) is 12.3. The molecule has 2 bridgehead atoms. The molecular weight excluding hydrogens is 310 g/mol. The van der Waals surface area contributed by atoms with Crippen LogP contribution >= 0.6 is 0 Å². The minimum atomic E-state index is -0.294. The number of nitriles is 1. The number of amides is 1. The lowest BCUT2D eigenvalue weighted by Gasteiger charge is -2.39. The number of hydrogen-bond acceptors (Lipinski definition) is 3. The summed E-state index contributed by atoms with van der Waals surface area (Å²) in [6, 6.07) is 12.3. The molecule has 2 fully saturated rings. The second-order valence-corrected chi connectivity index (χ2v) is 8.71. The van der Waals surface area contributed by atoms with Gasteiger partial charge >= 0.3 is 0 Å². The Balaban J connectivity index is 1.68. The molecule has 1 N–H and O–H groups in total. The topological polar surface area (TPSA) is 56.1 Å². The summed E-state index contributed by atoms with van der Waals surface area (Å²) in [4.78, 5) is 14.6. The molecule has 1 aromatic carbocycles. The van der Waals surface area contributed by atoms with Crippen LogP contribution in [0.2, 0.25) is 0 Å². The van der Waals surface area contributed by atoms with Gasteiger partial charge in [-0.25, -0.2) is 0 Å². The Morgan fingerprint density at radius 1 is 1.32 bits per heavy atom. The van der Waals surface area contributed by atoms with Gasteiger partial charge in [0.2, 0.25) is 0 Å². The van der Waals surface area contributed by atoms with Gasteiger partial charge in [-0.05, 0) is 35.7 Å². The fourth-order valence-electron chi connectivity index (χ4n) is 4.83. The van der Waals surface area contributed by atoms with Gasteiger partial charge in [0.25, 0.3) is 5.91 Å². The van der Waals surface area contributed by atoms with Gasteiger partial charge < -0.3 is 10.2 Å². The van der Waals surface area contributed by atoms with E-state index in [1.54, 1.807) is 6.20 Å². The number of nitrogens with zero attached hydrogens (tertiary/aromatic N) is 2. The van der Waals surface area contributed by atoms with E-state index in [9.17, 15) is 10.1 Å². The van der Waals surface area contributed by atoms with Crippen molar-refractivity contribution in [3.05, 3.63) is 47.7 Å². The average Bonchev–Trinajstić information content (AvgIpc) is 2.79. The highest BCUT2D eigenvalue weighted by Gasteiger charge is 2.48. The molecule has 1 aromatic rings. The van der Waals surface area contributed by atoms with Gasteiger partial charge in [-0.15, -0.1) is 0 Å². The molecule has 2 atom stereocenters. The first-order chi connectivity index (χ1) is 11.8. The van der Waals surface area contributed by atoms with E-state index in [4.69, 9.17) is 0 Å². The Bertz CT molecular complexity index is 716. The maximum absolute atomic E-state index is 12.4. The van der Waals surface area contributed by atoms with Crippen molar-refractivity contribution in [1.82, 2.24) is 10.2 Å².